The van der Waals surface area contributed by atoms with Crippen LogP contribution < -0.4 is 0 Å². The van der Waals surface area contributed by atoms with E-state index in [1.165, 1.54) is 25.7 Å². The molecule has 2 aliphatic rings. The summed E-state index contributed by atoms with van der Waals surface area (Å²) in [5.41, 5.74) is 0. The number of hydrogen-bond donors (Lipinski definition) is 1. The molecule has 2 fully saturated rings. The van der Waals surface area contributed by atoms with E-state index in [1.807, 2.05) is 0 Å². The molecule has 1 saturated carbocycles. The number of amides is 1. The molecule has 1 N–H and O–H groups in total. The summed E-state index contributed by atoms with van der Waals surface area (Å²) in [7, 11) is 2.10. The lowest BCUT2D eigenvalue weighted by atomic mass is 10.1. The van der Waals surface area contributed by atoms with Crippen molar-refractivity contribution < 1.29 is 14.7 Å². The van der Waals surface area contributed by atoms with Crippen molar-refractivity contribution >= 4 is 11.9 Å². The van der Waals surface area contributed by atoms with Crippen LogP contribution in [0.1, 0.15) is 32.1 Å². The van der Waals surface area contributed by atoms with Gasteiger partial charge >= 0.3 is 5.97 Å². The van der Waals surface area contributed by atoms with Gasteiger partial charge in [-0.05, 0) is 19.9 Å². The van der Waals surface area contributed by atoms with Crippen molar-refractivity contribution in [3.05, 3.63) is 0 Å². The fraction of sp³-hybridized carbons (Fsp3) is 0.846. The van der Waals surface area contributed by atoms with Crippen LogP contribution in [0.15, 0.2) is 0 Å². The Morgan fingerprint density at radius 3 is 2.67 bits per heavy atom. The molecule has 1 atom stereocenters. The van der Waals surface area contributed by atoms with Gasteiger partial charge in [0.2, 0.25) is 5.91 Å². The zero-order valence-electron chi connectivity index (χ0n) is 11.0. The average molecular weight is 254 g/mol. The van der Waals surface area contributed by atoms with Gasteiger partial charge in [-0.3, -0.25) is 9.59 Å². The van der Waals surface area contributed by atoms with Gasteiger partial charge in [-0.15, -0.1) is 0 Å². The summed E-state index contributed by atoms with van der Waals surface area (Å²) in [6, 6.07) is 0.651. The molecular weight excluding hydrogens is 232 g/mol. The van der Waals surface area contributed by atoms with Gasteiger partial charge in [-0.1, -0.05) is 12.8 Å². The molecule has 1 heterocycles. The maximum Gasteiger partial charge on any atom is 0.308 e. The Labute approximate surface area is 108 Å². The topological polar surface area (TPSA) is 60.9 Å². The second-order valence-electron chi connectivity index (χ2n) is 5.50. The third-order valence-electron chi connectivity index (χ3n) is 4.23. The highest BCUT2D eigenvalue weighted by molar-refractivity contribution is 5.86. The van der Waals surface area contributed by atoms with Crippen LogP contribution in [-0.2, 0) is 9.59 Å². The third-order valence-corrected chi connectivity index (χ3v) is 4.23. The van der Waals surface area contributed by atoms with Crippen LogP contribution in [0, 0.1) is 5.92 Å². The number of nitrogens with zero attached hydrogens (tertiary/aromatic N) is 2. The van der Waals surface area contributed by atoms with E-state index in [-0.39, 0.29) is 12.3 Å². The number of hydrogen-bond acceptors (Lipinski definition) is 3. The van der Waals surface area contributed by atoms with Crippen LogP contribution in [0.5, 0.6) is 0 Å². The second-order valence-corrected chi connectivity index (χ2v) is 5.50. The largest absolute Gasteiger partial charge is 0.481 e. The highest BCUT2D eigenvalue weighted by Gasteiger charge is 2.34. The fourth-order valence-electron chi connectivity index (χ4n) is 2.96. The van der Waals surface area contributed by atoms with Crippen molar-refractivity contribution in [2.75, 3.05) is 26.7 Å². The van der Waals surface area contributed by atoms with E-state index in [2.05, 4.69) is 11.9 Å². The first kappa shape index (κ1) is 13.3. The van der Waals surface area contributed by atoms with Gasteiger partial charge in [0.1, 0.15) is 0 Å². The molecule has 1 saturated heterocycles. The second kappa shape index (κ2) is 5.69. The maximum atomic E-state index is 11.7. The molecule has 0 aromatic heterocycles. The number of aliphatic carboxylic acids is 1. The van der Waals surface area contributed by atoms with E-state index < -0.39 is 11.9 Å². The Morgan fingerprint density at radius 2 is 2.11 bits per heavy atom. The quantitative estimate of drug-likeness (QED) is 0.788. The molecule has 5 nitrogen and oxygen atoms in total. The van der Waals surface area contributed by atoms with Crippen LogP contribution in [0.25, 0.3) is 0 Å². The molecule has 5 heteroatoms. The molecule has 1 unspecified atom stereocenters. The number of likely N-dealkylation sites (N-methyl/N-ethyl adjacent to an activating group) is 1. The number of carbonyl (C=O) groups excluding carboxylic acids is 1. The van der Waals surface area contributed by atoms with E-state index in [4.69, 9.17) is 5.11 Å². The van der Waals surface area contributed by atoms with Crippen molar-refractivity contribution in [1.29, 1.82) is 0 Å². The van der Waals surface area contributed by atoms with Crippen LogP contribution in [0.2, 0.25) is 0 Å². The van der Waals surface area contributed by atoms with Gasteiger partial charge in [0, 0.05) is 32.1 Å². The SMILES string of the molecule is CN(CCN1CC(C(=O)O)CC1=O)C1CCCC1. The summed E-state index contributed by atoms with van der Waals surface area (Å²) < 4.78 is 0. The Balaban J connectivity index is 1.76. The highest BCUT2D eigenvalue weighted by Crippen LogP contribution is 2.23. The van der Waals surface area contributed by atoms with Crippen molar-refractivity contribution in [1.82, 2.24) is 9.80 Å². The Bertz CT molecular complexity index is 326. The van der Waals surface area contributed by atoms with E-state index >= 15 is 0 Å². The summed E-state index contributed by atoms with van der Waals surface area (Å²) in [6.07, 6.45) is 5.28. The van der Waals surface area contributed by atoms with E-state index in [9.17, 15) is 9.59 Å². The molecule has 0 radical (unpaired) electrons. The van der Waals surface area contributed by atoms with Gasteiger partial charge in [0.05, 0.1) is 5.92 Å². The van der Waals surface area contributed by atoms with Gasteiger partial charge in [-0.2, -0.15) is 0 Å². The molecule has 102 valence electrons. The number of carbonyl (C=O) groups is 2. The van der Waals surface area contributed by atoms with Crippen LogP contribution in [-0.4, -0.2) is 59.5 Å². The lowest BCUT2D eigenvalue weighted by molar-refractivity contribution is -0.141. The van der Waals surface area contributed by atoms with Gasteiger partial charge < -0.3 is 14.9 Å². The monoisotopic (exact) mass is 254 g/mol. The number of rotatable bonds is 5. The first-order chi connectivity index (χ1) is 8.58. The molecule has 0 aromatic carbocycles. The molecule has 0 spiro atoms. The molecule has 1 amide bonds. The summed E-state index contributed by atoms with van der Waals surface area (Å²) in [5.74, 6) is -1.37. The van der Waals surface area contributed by atoms with Crippen molar-refractivity contribution in [3.8, 4) is 0 Å². The zero-order chi connectivity index (χ0) is 13.1. The van der Waals surface area contributed by atoms with Crippen LogP contribution in [0.4, 0.5) is 0 Å². The molecule has 1 aliphatic heterocycles. The van der Waals surface area contributed by atoms with Crippen molar-refractivity contribution in [2.45, 2.75) is 38.1 Å². The smallest absolute Gasteiger partial charge is 0.308 e. The molecule has 1 aliphatic carbocycles. The highest BCUT2D eigenvalue weighted by atomic mass is 16.4. The molecule has 0 bridgehead atoms. The number of likely N-dealkylation sites (tertiary alicyclic amines) is 1. The minimum atomic E-state index is -0.852. The zero-order valence-corrected chi connectivity index (χ0v) is 11.0. The Morgan fingerprint density at radius 1 is 1.44 bits per heavy atom. The van der Waals surface area contributed by atoms with Crippen molar-refractivity contribution in [2.24, 2.45) is 5.92 Å². The van der Waals surface area contributed by atoms with Gasteiger partial charge in [-0.25, -0.2) is 0 Å². The predicted octanol–water partition coefficient (Wildman–Crippen LogP) is 0.794. The maximum absolute atomic E-state index is 11.7. The Hall–Kier alpha value is -1.10. The average Bonchev–Trinajstić information content (AvgIpc) is 2.95. The summed E-state index contributed by atoms with van der Waals surface area (Å²) >= 11 is 0. The lowest BCUT2D eigenvalue weighted by Crippen LogP contribution is -2.38. The van der Waals surface area contributed by atoms with E-state index in [0.717, 1.165) is 6.54 Å². The minimum absolute atomic E-state index is 0.0118. The molecule has 0 aromatic rings. The Kier molecular flexibility index (Phi) is 4.22. The first-order valence-corrected chi connectivity index (χ1v) is 6.78. The standard InChI is InChI=1S/C13H22N2O3/c1-14(11-4-2-3-5-11)6-7-15-9-10(13(17)18)8-12(15)16/h10-11H,2-9H2,1H3,(H,17,18). The van der Waals surface area contributed by atoms with Gasteiger partial charge in [0.15, 0.2) is 0 Å². The molecule has 18 heavy (non-hydrogen) atoms. The number of carboxylic acid groups (broad SMARTS) is 1. The first-order valence-electron chi connectivity index (χ1n) is 6.78. The normalized spacial score (nSPS) is 25.3. The van der Waals surface area contributed by atoms with E-state index in [0.29, 0.717) is 19.1 Å². The fourth-order valence-corrected chi connectivity index (χ4v) is 2.96. The lowest BCUT2D eigenvalue weighted by Gasteiger charge is -2.26. The third kappa shape index (κ3) is 3.02. The molecular formula is C13H22N2O3. The van der Waals surface area contributed by atoms with E-state index in [1.54, 1.807) is 4.90 Å². The predicted molar refractivity (Wildman–Crippen MR) is 67.2 cm³/mol. The summed E-state index contributed by atoms with van der Waals surface area (Å²) in [5, 5.41) is 8.91. The van der Waals surface area contributed by atoms with Crippen molar-refractivity contribution in [3.63, 3.8) is 0 Å². The number of carboxylic acids is 1. The summed E-state index contributed by atoms with van der Waals surface area (Å²) in [6.45, 7) is 1.89. The minimum Gasteiger partial charge on any atom is -0.481 e. The van der Waals surface area contributed by atoms with Crippen LogP contribution in [0.3, 0.4) is 0 Å². The van der Waals surface area contributed by atoms with Gasteiger partial charge in [0.25, 0.3) is 0 Å². The van der Waals surface area contributed by atoms with Crippen LogP contribution >= 0.6 is 0 Å². The molecule has 2 rings (SSSR count). The summed E-state index contributed by atoms with van der Waals surface area (Å²) in [4.78, 5) is 26.5.